The summed E-state index contributed by atoms with van der Waals surface area (Å²) in [5.74, 6) is 0.848. The average Bonchev–Trinajstić information content (AvgIpc) is 2.10. The van der Waals surface area contributed by atoms with Gasteiger partial charge >= 0.3 is 0 Å². The van der Waals surface area contributed by atoms with Crippen LogP contribution >= 0.6 is 0 Å². The Morgan fingerprint density at radius 2 is 2.00 bits per heavy atom. The van der Waals surface area contributed by atoms with Gasteiger partial charge in [0.25, 0.3) is 0 Å². The first-order valence-corrected chi connectivity index (χ1v) is 5.07. The minimum atomic E-state index is 0.848. The Hall–Kier alpha value is -0.520. The molecule has 0 saturated heterocycles. The van der Waals surface area contributed by atoms with E-state index in [1.54, 1.807) is 0 Å². The fraction of sp³-hybridized carbons (Fsp3) is 0.667. The Labute approximate surface area is 77.4 Å². The molecule has 0 aliphatic carbocycles. The predicted molar refractivity (Wildman–Crippen MR) is 57.3 cm³/mol. The molecule has 0 aromatic carbocycles. The molecule has 0 heteroatoms. The zero-order chi connectivity index (χ0) is 9.23. The lowest BCUT2D eigenvalue weighted by atomic mass is 10.0. The predicted octanol–water partition coefficient (Wildman–Crippen LogP) is 4.34. The van der Waals surface area contributed by atoms with Crippen molar-refractivity contribution in [3.05, 3.63) is 24.8 Å². The van der Waals surface area contributed by atoms with E-state index in [0.717, 1.165) is 12.3 Å². The van der Waals surface area contributed by atoms with Gasteiger partial charge in [-0.1, -0.05) is 38.5 Å². The second kappa shape index (κ2) is 8.58. The van der Waals surface area contributed by atoms with Gasteiger partial charge in [0.15, 0.2) is 0 Å². The first kappa shape index (κ1) is 11.5. The molecule has 0 nitrogen and oxygen atoms in total. The second-order valence-corrected chi connectivity index (χ2v) is 3.44. The van der Waals surface area contributed by atoms with E-state index in [9.17, 15) is 0 Å². The molecule has 0 amide bonds. The zero-order valence-electron chi connectivity index (χ0n) is 8.55. The maximum absolute atomic E-state index is 3.70. The molecule has 1 atom stereocenters. The maximum atomic E-state index is 3.70. The number of hydrogen-bond acceptors (Lipinski definition) is 0. The highest BCUT2D eigenvalue weighted by molar-refractivity contribution is 4.83. The largest absolute Gasteiger partial charge is 0.103 e. The molecule has 0 bridgehead atoms. The van der Waals surface area contributed by atoms with Gasteiger partial charge in [-0.15, -0.1) is 6.58 Å². The highest BCUT2D eigenvalue weighted by atomic mass is 14.0. The Bertz CT molecular complexity index is 122. The summed E-state index contributed by atoms with van der Waals surface area (Å²) in [4.78, 5) is 0. The van der Waals surface area contributed by atoms with Crippen molar-refractivity contribution in [3.8, 4) is 0 Å². The third kappa shape index (κ3) is 7.59. The highest BCUT2D eigenvalue weighted by Crippen LogP contribution is 2.07. The maximum Gasteiger partial charge on any atom is -0.0325 e. The van der Waals surface area contributed by atoms with E-state index in [1.807, 2.05) is 6.08 Å². The fourth-order valence-corrected chi connectivity index (χ4v) is 0.993. The van der Waals surface area contributed by atoms with Crippen LogP contribution in [0.25, 0.3) is 0 Å². The molecule has 0 aromatic rings. The van der Waals surface area contributed by atoms with Gasteiger partial charge in [-0.2, -0.15) is 0 Å². The smallest absolute Gasteiger partial charge is 0.0325 e. The van der Waals surface area contributed by atoms with Crippen LogP contribution in [0.4, 0.5) is 0 Å². The summed E-state index contributed by atoms with van der Waals surface area (Å²) < 4.78 is 0. The molecule has 0 aromatic heterocycles. The van der Waals surface area contributed by atoms with Crippen molar-refractivity contribution in [2.24, 2.45) is 5.92 Å². The highest BCUT2D eigenvalue weighted by Gasteiger charge is 1.92. The molecule has 0 aliphatic heterocycles. The monoisotopic (exact) mass is 166 g/mol. The summed E-state index contributed by atoms with van der Waals surface area (Å²) in [6.45, 7) is 8.24. The lowest BCUT2D eigenvalue weighted by Crippen LogP contribution is -1.87. The fourth-order valence-electron chi connectivity index (χ4n) is 0.993. The topological polar surface area (TPSA) is 0 Å². The molecular weight excluding hydrogens is 144 g/mol. The Morgan fingerprint density at radius 1 is 1.25 bits per heavy atom. The lowest BCUT2D eigenvalue weighted by Gasteiger charge is -2.01. The van der Waals surface area contributed by atoms with Crippen LogP contribution in [0.3, 0.4) is 0 Å². The summed E-state index contributed by atoms with van der Waals surface area (Å²) in [7, 11) is 0. The molecule has 0 fully saturated rings. The van der Waals surface area contributed by atoms with Crippen molar-refractivity contribution in [2.75, 3.05) is 0 Å². The summed E-state index contributed by atoms with van der Waals surface area (Å²) in [6, 6.07) is 0. The van der Waals surface area contributed by atoms with Gasteiger partial charge in [0.05, 0.1) is 0 Å². The van der Waals surface area contributed by atoms with Crippen LogP contribution in [0.2, 0.25) is 0 Å². The second-order valence-electron chi connectivity index (χ2n) is 3.44. The summed E-state index contributed by atoms with van der Waals surface area (Å²) in [6.07, 6.45) is 12.7. The first-order valence-electron chi connectivity index (χ1n) is 5.07. The first-order chi connectivity index (χ1) is 5.81. The van der Waals surface area contributed by atoms with Crippen molar-refractivity contribution in [1.82, 2.24) is 0 Å². The van der Waals surface area contributed by atoms with Crippen LogP contribution in [0.15, 0.2) is 24.8 Å². The third-order valence-electron chi connectivity index (χ3n) is 2.18. The molecule has 0 spiro atoms. The van der Waals surface area contributed by atoms with E-state index < -0.39 is 0 Å². The van der Waals surface area contributed by atoms with Crippen LogP contribution in [-0.2, 0) is 0 Å². The quantitative estimate of drug-likeness (QED) is 0.390. The molecule has 70 valence electrons. The van der Waals surface area contributed by atoms with Crippen LogP contribution in [0.1, 0.15) is 46.0 Å². The molecule has 0 saturated carbocycles. The summed E-state index contributed by atoms with van der Waals surface area (Å²) in [5, 5.41) is 0. The Balaban J connectivity index is 3.19. The van der Waals surface area contributed by atoms with E-state index in [1.165, 1.54) is 25.7 Å². The van der Waals surface area contributed by atoms with Gasteiger partial charge < -0.3 is 0 Å². The molecule has 12 heavy (non-hydrogen) atoms. The number of allylic oxidation sites excluding steroid dienone is 3. The van der Waals surface area contributed by atoms with Gasteiger partial charge in [0.2, 0.25) is 0 Å². The molecular formula is C12H22. The number of unbranched alkanes of at least 4 members (excludes halogenated alkanes) is 2. The summed E-state index contributed by atoms with van der Waals surface area (Å²) >= 11 is 0. The molecule has 0 aliphatic rings. The van der Waals surface area contributed by atoms with Gasteiger partial charge in [0, 0.05) is 0 Å². The van der Waals surface area contributed by atoms with Crippen LogP contribution < -0.4 is 0 Å². The normalized spacial score (nSPS) is 13.5. The van der Waals surface area contributed by atoms with Crippen molar-refractivity contribution in [1.29, 1.82) is 0 Å². The molecule has 0 N–H and O–H groups in total. The molecule has 0 heterocycles. The van der Waals surface area contributed by atoms with Crippen molar-refractivity contribution in [3.63, 3.8) is 0 Å². The van der Waals surface area contributed by atoms with Gasteiger partial charge in [-0.25, -0.2) is 0 Å². The average molecular weight is 166 g/mol. The van der Waals surface area contributed by atoms with E-state index in [-0.39, 0.29) is 0 Å². The van der Waals surface area contributed by atoms with Crippen LogP contribution in [-0.4, -0.2) is 0 Å². The van der Waals surface area contributed by atoms with E-state index in [0.29, 0.717) is 0 Å². The van der Waals surface area contributed by atoms with Gasteiger partial charge in [0.1, 0.15) is 0 Å². The molecule has 0 rings (SSSR count). The third-order valence-corrected chi connectivity index (χ3v) is 2.18. The zero-order valence-corrected chi connectivity index (χ0v) is 8.55. The van der Waals surface area contributed by atoms with Crippen molar-refractivity contribution in [2.45, 2.75) is 46.0 Å². The van der Waals surface area contributed by atoms with Crippen molar-refractivity contribution >= 4 is 0 Å². The van der Waals surface area contributed by atoms with E-state index >= 15 is 0 Å². The lowest BCUT2D eigenvalue weighted by molar-refractivity contribution is 0.571. The summed E-state index contributed by atoms with van der Waals surface area (Å²) in [5.41, 5.74) is 0. The molecule has 0 radical (unpaired) electrons. The molecule has 1 unspecified atom stereocenters. The van der Waals surface area contributed by atoms with Gasteiger partial charge in [-0.05, 0) is 31.6 Å². The standard InChI is InChI=1S/C12H22/c1-4-6-7-8-9-10-11-12(3)5-2/h4,9-10,12H,1,5-8,11H2,2-3H3. The Kier molecular flexibility index (Phi) is 8.20. The minimum absolute atomic E-state index is 0.848. The number of hydrogen-bond donors (Lipinski definition) is 0. The van der Waals surface area contributed by atoms with Gasteiger partial charge in [-0.3, -0.25) is 0 Å². The van der Waals surface area contributed by atoms with Crippen LogP contribution in [0, 0.1) is 5.92 Å². The van der Waals surface area contributed by atoms with E-state index in [2.05, 4.69) is 32.6 Å². The SMILES string of the molecule is C=CCCCC=CCC(C)CC. The van der Waals surface area contributed by atoms with E-state index in [4.69, 9.17) is 0 Å². The van der Waals surface area contributed by atoms with Crippen molar-refractivity contribution < 1.29 is 0 Å². The Morgan fingerprint density at radius 3 is 2.58 bits per heavy atom. The van der Waals surface area contributed by atoms with Crippen LogP contribution in [0.5, 0.6) is 0 Å². The number of rotatable bonds is 7. The minimum Gasteiger partial charge on any atom is -0.103 e.